The van der Waals surface area contributed by atoms with Crippen LogP contribution in [0.2, 0.25) is 0 Å². The summed E-state index contributed by atoms with van der Waals surface area (Å²) < 4.78 is 11.9. The number of nitrogens with one attached hydrogen (secondary N) is 1. The van der Waals surface area contributed by atoms with Gasteiger partial charge in [0.25, 0.3) is 5.91 Å². The maximum absolute atomic E-state index is 13.2. The first-order chi connectivity index (χ1) is 13.2. The first kappa shape index (κ1) is 17.7. The van der Waals surface area contributed by atoms with Crippen LogP contribution in [0.5, 0.6) is 11.5 Å². The Hall–Kier alpha value is -2.69. The Morgan fingerprint density at radius 1 is 1.07 bits per heavy atom. The van der Waals surface area contributed by atoms with E-state index in [9.17, 15) is 4.79 Å². The predicted molar refractivity (Wildman–Crippen MR) is 105 cm³/mol. The van der Waals surface area contributed by atoms with Crippen LogP contribution in [0, 0.1) is 0 Å². The Labute approximate surface area is 160 Å². The molecule has 1 heterocycles. The van der Waals surface area contributed by atoms with Gasteiger partial charge in [-0.2, -0.15) is 0 Å². The minimum Gasteiger partial charge on any atom is -0.490 e. The number of fused-ring (bicyclic) bond motifs is 1. The highest BCUT2D eigenvalue weighted by atomic mass is 16.5. The molecule has 1 aliphatic carbocycles. The van der Waals surface area contributed by atoms with Gasteiger partial charge in [-0.1, -0.05) is 31.2 Å². The topological polar surface area (TPSA) is 50.8 Å². The summed E-state index contributed by atoms with van der Waals surface area (Å²) in [6.07, 6.45) is 2.74. The summed E-state index contributed by atoms with van der Waals surface area (Å²) in [6, 6.07) is 13.9. The number of amides is 1. The summed E-state index contributed by atoms with van der Waals surface area (Å²) in [5.74, 6) is 1.55. The van der Waals surface area contributed by atoms with Gasteiger partial charge in [-0.25, -0.2) is 0 Å². The van der Waals surface area contributed by atoms with Crippen LogP contribution < -0.4 is 14.8 Å². The smallest absolute Gasteiger partial charge is 0.258 e. The van der Waals surface area contributed by atoms with Gasteiger partial charge >= 0.3 is 0 Å². The van der Waals surface area contributed by atoms with E-state index in [-0.39, 0.29) is 18.1 Å². The second kappa shape index (κ2) is 7.51. The molecule has 0 spiro atoms. The number of anilines is 1. The van der Waals surface area contributed by atoms with Gasteiger partial charge in [-0.05, 0) is 44.4 Å². The largest absolute Gasteiger partial charge is 0.490 e. The normalized spacial score (nSPS) is 18.7. The number of carbonyl (C=O) groups is 1. The molecule has 1 unspecified atom stereocenters. The predicted octanol–water partition coefficient (Wildman–Crippen LogP) is 4.60. The quantitative estimate of drug-likeness (QED) is 0.778. The van der Waals surface area contributed by atoms with E-state index in [2.05, 4.69) is 12.2 Å². The maximum Gasteiger partial charge on any atom is 0.258 e. The molecule has 0 saturated heterocycles. The SMILES string of the molecule is CCCOc1c(OCC)cccc1C1Nc2ccccc2C(=O)N1C1CC1. The number of rotatable bonds is 7. The molecule has 5 heteroatoms. The summed E-state index contributed by atoms with van der Waals surface area (Å²) >= 11 is 0. The standard InChI is InChI=1S/C22H26N2O3/c1-3-14-27-20-17(9-7-11-19(20)26-4-2)21-23-18-10-6-5-8-16(18)22(25)24(21)15-12-13-15/h5-11,15,21,23H,3-4,12-14H2,1-2H3. The molecule has 1 atom stereocenters. The van der Waals surface area contributed by atoms with Gasteiger partial charge < -0.3 is 19.7 Å². The zero-order chi connectivity index (χ0) is 18.8. The maximum atomic E-state index is 13.2. The number of hydrogen-bond acceptors (Lipinski definition) is 4. The van der Waals surface area contributed by atoms with Gasteiger partial charge in [0.15, 0.2) is 11.5 Å². The number of ether oxygens (including phenoxy) is 2. The highest BCUT2D eigenvalue weighted by Crippen LogP contribution is 2.45. The molecule has 1 fully saturated rings. The zero-order valence-corrected chi connectivity index (χ0v) is 15.9. The van der Waals surface area contributed by atoms with Crippen LogP contribution in [0.1, 0.15) is 55.2 Å². The van der Waals surface area contributed by atoms with Crippen molar-refractivity contribution in [3.63, 3.8) is 0 Å². The Morgan fingerprint density at radius 3 is 2.63 bits per heavy atom. The highest BCUT2D eigenvalue weighted by molar-refractivity contribution is 6.02. The molecule has 1 amide bonds. The molecule has 5 nitrogen and oxygen atoms in total. The molecular formula is C22H26N2O3. The molecule has 0 radical (unpaired) electrons. The Balaban J connectivity index is 1.79. The molecule has 142 valence electrons. The molecule has 2 aliphatic rings. The van der Waals surface area contributed by atoms with Crippen molar-refractivity contribution in [2.24, 2.45) is 0 Å². The lowest BCUT2D eigenvalue weighted by atomic mass is 10.0. The minimum absolute atomic E-state index is 0.0834. The fourth-order valence-electron chi connectivity index (χ4n) is 3.60. The second-order valence-electron chi connectivity index (χ2n) is 6.99. The van der Waals surface area contributed by atoms with Gasteiger partial charge in [0.1, 0.15) is 6.17 Å². The van der Waals surface area contributed by atoms with Crippen molar-refractivity contribution in [2.75, 3.05) is 18.5 Å². The average Bonchev–Trinajstić information content (AvgIpc) is 3.52. The fourth-order valence-corrected chi connectivity index (χ4v) is 3.60. The van der Waals surface area contributed by atoms with E-state index < -0.39 is 0 Å². The van der Waals surface area contributed by atoms with Crippen LogP contribution in [0.4, 0.5) is 5.69 Å². The van der Waals surface area contributed by atoms with Crippen molar-refractivity contribution < 1.29 is 14.3 Å². The third-order valence-electron chi connectivity index (χ3n) is 4.96. The van der Waals surface area contributed by atoms with E-state index in [4.69, 9.17) is 9.47 Å². The number of benzene rings is 2. The lowest BCUT2D eigenvalue weighted by Crippen LogP contribution is -2.44. The fraction of sp³-hybridized carbons (Fsp3) is 0.409. The van der Waals surface area contributed by atoms with Crippen LogP contribution in [0.25, 0.3) is 0 Å². The Bertz CT molecular complexity index is 832. The van der Waals surface area contributed by atoms with Crippen molar-refractivity contribution in [2.45, 2.75) is 45.3 Å². The second-order valence-corrected chi connectivity index (χ2v) is 6.99. The van der Waals surface area contributed by atoms with Gasteiger partial charge in [-0.3, -0.25) is 4.79 Å². The van der Waals surface area contributed by atoms with Crippen molar-refractivity contribution in [1.82, 2.24) is 4.90 Å². The van der Waals surface area contributed by atoms with E-state index in [0.29, 0.717) is 13.2 Å². The van der Waals surface area contributed by atoms with Gasteiger partial charge in [0, 0.05) is 17.3 Å². The lowest BCUT2D eigenvalue weighted by Gasteiger charge is -2.39. The number of nitrogens with zero attached hydrogens (tertiary/aromatic N) is 1. The van der Waals surface area contributed by atoms with Gasteiger partial charge in [-0.15, -0.1) is 0 Å². The Kier molecular flexibility index (Phi) is 4.92. The average molecular weight is 366 g/mol. The Morgan fingerprint density at radius 2 is 1.89 bits per heavy atom. The molecule has 2 aromatic rings. The van der Waals surface area contributed by atoms with E-state index >= 15 is 0 Å². The molecule has 4 rings (SSSR count). The molecule has 1 saturated carbocycles. The van der Waals surface area contributed by atoms with E-state index in [0.717, 1.165) is 47.6 Å². The monoisotopic (exact) mass is 366 g/mol. The summed E-state index contributed by atoms with van der Waals surface area (Å²) in [5, 5.41) is 3.57. The van der Waals surface area contributed by atoms with Crippen LogP contribution in [-0.2, 0) is 0 Å². The van der Waals surface area contributed by atoms with Gasteiger partial charge in [0.2, 0.25) is 0 Å². The first-order valence-electron chi connectivity index (χ1n) is 9.81. The first-order valence-corrected chi connectivity index (χ1v) is 9.81. The number of carbonyl (C=O) groups excluding carboxylic acids is 1. The number of hydrogen-bond donors (Lipinski definition) is 1. The molecule has 0 aromatic heterocycles. The van der Waals surface area contributed by atoms with Crippen molar-refractivity contribution in [3.8, 4) is 11.5 Å². The highest BCUT2D eigenvalue weighted by Gasteiger charge is 2.43. The summed E-state index contributed by atoms with van der Waals surface area (Å²) in [7, 11) is 0. The van der Waals surface area contributed by atoms with Crippen molar-refractivity contribution >= 4 is 11.6 Å². The van der Waals surface area contributed by atoms with Crippen LogP contribution in [-0.4, -0.2) is 30.1 Å². The molecular weight excluding hydrogens is 340 g/mol. The molecule has 0 bridgehead atoms. The molecule has 2 aromatic carbocycles. The van der Waals surface area contributed by atoms with Gasteiger partial charge in [0.05, 0.1) is 18.8 Å². The van der Waals surface area contributed by atoms with Crippen LogP contribution in [0.15, 0.2) is 42.5 Å². The minimum atomic E-state index is -0.257. The van der Waals surface area contributed by atoms with Crippen molar-refractivity contribution in [3.05, 3.63) is 53.6 Å². The van der Waals surface area contributed by atoms with E-state index in [1.165, 1.54) is 0 Å². The third-order valence-corrected chi connectivity index (χ3v) is 4.96. The lowest BCUT2D eigenvalue weighted by molar-refractivity contribution is 0.0663. The summed E-state index contributed by atoms with van der Waals surface area (Å²) in [5.41, 5.74) is 2.55. The summed E-state index contributed by atoms with van der Waals surface area (Å²) in [6.45, 7) is 5.22. The third kappa shape index (κ3) is 3.34. The summed E-state index contributed by atoms with van der Waals surface area (Å²) in [4.78, 5) is 15.2. The zero-order valence-electron chi connectivity index (χ0n) is 15.9. The molecule has 1 aliphatic heterocycles. The number of para-hydroxylation sites is 2. The molecule has 1 N–H and O–H groups in total. The van der Waals surface area contributed by atoms with E-state index in [1.807, 2.05) is 54.3 Å². The van der Waals surface area contributed by atoms with Crippen LogP contribution in [0.3, 0.4) is 0 Å². The van der Waals surface area contributed by atoms with Crippen LogP contribution >= 0.6 is 0 Å². The van der Waals surface area contributed by atoms with Crippen molar-refractivity contribution in [1.29, 1.82) is 0 Å². The molecule has 27 heavy (non-hydrogen) atoms. The van der Waals surface area contributed by atoms with E-state index in [1.54, 1.807) is 0 Å².